The normalized spacial score (nSPS) is 14.0. The Morgan fingerprint density at radius 1 is 1.37 bits per heavy atom. The molecule has 0 bridgehead atoms. The minimum Gasteiger partial charge on any atom is -0.748 e. The zero-order valence-electron chi connectivity index (χ0n) is 11.9. The lowest BCUT2D eigenvalue weighted by molar-refractivity contribution is -0.125. The molecule has 0 aromatic rings. The zero-order chi connectivity index (χ0) is 15.3. The second kappa shape index (κ2) is 13.0. The van der Waals surface area contributed by atoms with Crippen LogP contribution in [-0.4, -0.2) is 14.7 Å². The summed E-state index contributed by atoms with van der Waals surface area (Å²) in [4.78, 5) is 9.84. The summed E-state index contributed by atoms with van der Waals surface area (Å²) in [5.41, 5.74) is 4.11. The van der Waals surface area contributed by atoms with Gasteiger partial charge in [0.15, 0.2) is 0 Å². The van der Waals surface area contributed by atoms with Crippen molar-refractivity contribution in [2.45, 2.75) is 34.6 Å². The van der Waals surface area contributed by atoms with E-state index in [1.165, 1.54) is 11.3 Å². The summed E-state index contributed by atoms with van der Waals surface area (Å²) in [5.74, 6) is -0.561. The van der Waals surface area contributed by atoms with Crippen LogP contribution in [0.1, 0.15) is 34.6 Å². The van der Waals surface area contributed by atoms with Crippen LogP contribution in [0.25, 0.3) is 0 Å². The maximum absolute atomic E-state index is 9.84. The molecular formula is C12H21N2O4S-. The van der Waals surface area contributed by atoms with Crippen LogP contribution in [0.3, 0.4) is 0 Å². The zero-order valence-corrected chi connectivity index (χ0v) is 12.7. The summed E-state index contributed by atoms with van der Waals surface area (Å²) < 4.78 is 22.6. The Bertz CT molecular complexity index is 362. The fourth-order valence-electron chi connectivity index (χ4n) is 0.760. The van der Waals surface area contributed by atoms with E-state index in [1.807, 2.05) is 32.2 Å². The molecule has 1 rings (SSSR count). The Morgan fingerprint density at radius 3 is 2.37 bits per heavy atom. The van der Waals surface area contributed by atoms with E-state index in [2.05, 4.69) is 29.5 Å². The van der Waals surface area contributed by atoms with Crippen LogP contribution in [0.5, 0.6) is 0 Å². The van der Waals surface area contributed by atoms with Gasteiger partial charge in [-0.25, -0.2) is 9.69 Å². The fraction of sp³-hybridized carbons (Fsp3) is 0.417. The summed E-state index contributed by atoms with van der Waals surface area (Å²) in [6, 6.07) is 0. The average Bonchev–Trinajstić information content (AvgIpc) is 2.56. The summed E-state index contributed by atoms with van der Waals surface area (Å²) in [7, 11) is 0. The molecule has 1 amide bonds. The number of allylic oxidation sites excluding steroid dienone is 5. The predicted molar refractivity (Wildman–Crippen MR) is 75.0 cm³/mol. The number of hydroxylamine groups is 1. The second-order valence-electron chi connectivity index (χ2n) is 3.12. The predicted octanol–water partition coefficient (Wildman–Crippen LogP) is 1.83. The SMILES string of the molecule is CC.CC(=O)NOS(=O)[O-].CC1=C(C)NC=CC=C1. The molecule has 1 aliphatic heterocycles. The first-order valence-electron chi connectivity index (χ1n) is 5.74. The molecule has 1 heterocycles. The molecule has 0 aliphatic carbocycles. The highest BCUT2D eigenvalue weighted by atomic mass is 32.2. The quantitative estimate of drug-likeness (QED) is 0.598. The van der Waals surface area contributed by atoms with E-state index in [-0.39, 0.29) is 0 Å². The Morgan fingerprint density at radius 2 is 1.95 bits per heavy atom. The van der Waals surface area contributed by atoms with Crippen molar-refractivity contribution in [2.24, 2.45) is 0 Å². The molecule has 0 aromatic heterocycles. The van der Waals surface area contributed by atoms with E-state index in [4.69, 9.17) is 0 Å². The number of hydrogen-bond acceptors (Lipinski definition) is 5. The fourth-order valence-corrected chi connectivity index (χ4v) is 0.945. The van der Waals surface area contributed by atoms with Crippen molar-refractivity contribution < 1.29 is 17.8 Å². The maximum atomic E-state index is 9.84. The first-order chi connectivity index (χ1) is 8.93. The summed E-state index contributed by atoms with van der Waals surface area (Å²) in [5, 5.41) is 3.13. The van der Waals surface area contributed by atoms with Gasteiger partial charge in [0.1, 0.15) is 11.4 Å². The van der Waals surface area contributed by atoms with Crippen LogP contribution in [0.4, 0.5) is 0 Å². The van der Waals surface area contributed by atoms with Gasteiger partial charge in [0.2, 0.25) is 5.91 Å². The van der Waals surface area contributed by atoms with Crippen LogP contribution in [0.15, 0.2) is 35.7 Å². The lowest BCUT2D eigenvalue weighted by Crippen LogP contribution is -2.21. The monoisotopic (exact) mass is 289 g/mol. The molecular weight excluding hydrogens is 268 g/mol. The molecule has 1 aliphatic rings. The third-order valence-electron chi connectivity index (χ3n) is 1.70. The van der Waals surface area contributed by atoms with Crippen molar-refractivity contribution in [2.75, 3.05) is 0 Å². The van der Waals surface area contributed by atoms with Crippen molar-refractivity contribution in [3.63, 3.8) is 0 Å². The van der Waals surface area contributed by atoms with Crippen LogP contribution in [-0.2, 0) is 20.4 Å². The van der Waals surface area contributed by atoms with Gasteiger partial charge in [-0.15, -0.1) is 0 Å². The van der Waals surface area contributed by atoms with Crippen molar-refractivity contribution in [3.05, 3.63) is 35.7 Å². The summed E-state index contributed by atoms with van der Waals surface area (Å²) >= 11 is -2.67. The minimum atomic E-state index is -2.67. The highest BCUT2D eigenvalue weighted by molar-refractivity contribution is 7.74. The largest absolute Gasteiger partial charge is 0.748 e. The van der Waals surface area contributed by atoms with Gasteiger partial charge >= 0.3 is 0 Å². The first-order valence-corrected chi connectivity index (χ1v) is 6.74. The molecule has 0 saturated heterocycles. The summed E-state index contributed by atoms with van der Waals surface area (Å²) in [6.07, 6.45) is 8.03. The van der Waals surface area contributed by atoms with E-state index in [0.717, 1.165) is 6.92 Å². The van der Waals surface area contributed by atoms with Gasteiger partial charge in [-0.2, -0.15) is 4.28 Å². The van der Waals surface area contributed by atoms with Gasteiger partial charge in [-0.1, -0.05) is 26.0 Å². The topological polar surface area (TPSA) is 90.5 Å². The molecule has 6 nitrogen and oxygen atoms in total. The van der Waals surface area contributed by atoms with Crippen LogP contribution >= 0.6 is 0 Å². The number of amides is 1. The molecule has 7 heteroatoms. The van der Waals surface area contributed by atoms with Gasteiger partial charge < -0.3 is 9.87 Å². The lowest BCUT2D eigenvalue weighted by Gasteiger charge is -2.02. The van der Waals surface area contributed by atoms with Gasteiger partial charge in [0.25, 0.3) is 0 Å². The Hall–Kier alpha value is -1.44. The Labute approximate surface area is 117 Å². The van der Waals surface area contributed by atoms with Crippen molar-refractivity contribution in [3.8, 4) is 0 Å². The van der Waals surface area contributed by atoms with E-state index >= 15 is 0 Å². The average molecular weight is 289 g/mol. The van der Waals surface area contributed by atoms with E-state index in [0.29, 0.717) is 0 Å². The third-order valence-corrected chi connectivity index (χ3v) is 1.92. The molecule has 0 aromatic carbocycles. The van der Waals surface area contributed by atoms with E-state index in [1.54, 1.807) is 5.48 Å². The molecule has 0 saturated carbocycles. The minimum absolute atomic E-state index is 0.561. The standard InChI is InChI=1S/C8H11N.C2H5NO4S.C2H6/c1-7-5-3-4-6-9-8(7)2;1-2(4)3-7-8(5)6;1-2/h3-6,9H,1-2H3;1H3,(H,3,4)(H,5,6);1-2H3/p-1. The highest BCUT2D eigenvalue weighted by Crippen LogP contribution is 2.03. The van der Waals surface area contributed by atoms with Crippen LogP contribution < -0.4 is 10.8 Å². The van der Waals surface area contributed by atoms with Crippen molar-refractivity contribution >= 4 is 17.3 Å². The van der Waals surface area contributed by atoms with Crippen LogP contribution in [0, 0.1) is 0 Å². The number of carbonyl (C=O) groups is 1. The number of nitrogens with one attached hydrogen (secondary N) is 2. The van der Waals surface area contributed by atoms with Gasteiger partial charge in [0, 0.05) is 18.8 Å². The highest BCUT2D eigenvalue weighted by Gasteiger charge is 1.90. The Kier molecular flexibility index (Phi) is 13.6. The van der Waals surface area contributed by atoms with Gasteiger partial charge in [-0.3, -0.25) is 4.79 Å². The molecule has 2 N–H and O–H groups in total. The molecule has 0 fully saturated rings. The molecule has 1 unspecified atom stereocenters. The summed E-state index contributed by atoms with van der Waals surface area (Å²) in [6.45, 7) is 9.29. The van der Waals surface area contributed by atoms with Crippen molar-refractivity contribution in [1.82, 2.24) is 10.8 Å². The van der Waals surface area contributed by atoms with Crippen molar-refractivity contribution in [1.29, 1.82) is 0 Å². The molecule has 19 heavy (non-hydrogen) atoms. The van der Waals surface area contributed by atoms with Gasteiger partial charge in [-0.05, 0) is 25.5 Å². The second-order valence-corrected chi connectivity index (χ2v) is 3.69. The molecule has 0 radical (unpaired) electrons. The lowest BCUT2D eigenvalue weighted by atomic mass is 10.2. The molecule has 1 atom stereocenters. The maximum Gasteiger partial charge on any atom is 0.241 e. The molecule has 0 spiro atoms. The van der Waals surface area contributed by atoms with Crippen LogP contribution in [0.2, 0.25) is 0 Å². The number of hydrogen-bond donors (Lipinski definition) is 2. The molecule has 110 valence electrons. The van der Waals surface area contributed by atoms with Gasteiger partial charge in [0.05, 0.1) is 0 Å². The Balaban J connectivity index is 0. The van der Waals surface area contributed by atoms with E-state index in [9.17, 15) is 13.6 Å². The number of rotatable bonds is 2. The smallest absolute Gasteiger partial charge is 0.241 e. The van der Waals surface area contributed by atoms with E-state index < -0.39 is 17.3 Å². The first kappa shape index (κ1) is 19.9. The third kappa shape index (κ3) is 14.5. The number of carbonyl (C=O) groups excluding carboxylic acids is 1.